The lowest BCUT2D eigenvalue weighted by molar-refractivity contribution is -0.121. The molecule has 1 fully saturated rings. The number of nitrogens with one attached hydrogen (secondary N) is 3. The molecule has 0 aromatic rings. The molecule has 2 atom stereocenters. The number of rotatable bonds is 7. The summed E-state index contributed by atoms with van der Waals surface area (Å²) < 4.78 is 25.1. The summed E-state index contributed by atoms with van der Waals surface area (Å²) in [5.41, 5.74) is 0. The van der Waals surface area contributed by atoms with Crippen LogP contribution in [0.15, 0.2) is 0 Å². The second kappa shape index (κ2) is 7.06. The first-order valence-electron chi connectivity index (χ1n) is 6.31. The number of hydrogen-bond acceptors (Lipinski definition) is 4. The second-order valence-electron chi connectivity index (χ2n) is 4.85. The number of hydrogen-bond donors (Lipinski definition) is 3. The highest BCUT2D eigenvalue weighted by Gasteiger charge is 2.29. The van der Waals surface area contributed by atoms with Gasteiger partial charge in [0.1, 0.15) is 0 Å². The molecular formula is C11H23N3O3S. The van der Waals surface area contributed by atoms with E-state index in [-0.39, 0.29) is 17.9 Å². The van der Waals surface area contributed by atoms with E-state index in [1.165, 1.54) is 6.26 Å². The van der Waals surface area contributed by atoms with Crippen LogP contribution in [0.25, 0.3) is 0 Å². The Hall–Kier alpha value is -0.660. The van der Waals surface area contributed by atoms with Crippen molar-refractivity contribution in [1.82, 2.24) is 15.4 Å². The van der Waals surface area contributed by atoms with Crippen LogP contribution < -0.4 is 15.4 Å². The van der Waals surface area contributed by atoms with Crippen molar-refractivity contribution in [2.45, 2.75) is 31.7 Å². The SMILES string of the molecule is CNCCC(=O)NCC1CCCC1NS(C)(=O)=O. The fourth-order valence-electron chi connectivity index (χ4n) is 2.28. The van der Waals surface area contributed by atoms with Crippen molar-refractivity contribution in [2.24, 2.45) is 5.92 Å². The minimum Gasteiger partial charge on any atom is -0.356 e. The van der Waals surface area contributed by atoms with E-state index in [4.69, 9.17) is 0 Å². The van der Waals surface area contributed by atoms with Gasteiger partial charge in [-0.25, -0.2) is 13.1 Å². The van der Waals surface area contributed by atoms with Gasteiger partial charge in [0.15, 0.2) is 0 Å². The van der Waals surface area contributed by atoms with E-state index in [9.17, 15) is 13.2 Å². The molecule has 6 nitrogen and oxygen atoms in total. The van der Waals surface area contributed by atoms with Crippen LogP contribution >= 0.6 is 0 Å². The summed E-state index contributed by atoms with van der Waals surface area (Å²) in [4.78, 5) is 11.5. The van der Waals surface area contributed by atoms with Gasteiger partial charge in [-0.15, -0.1) is 0 Å². The van der Waals surface area contributed by atoms with Crippen LogP contribution in [0, 0.1) is 5.92 Å². The van der Waals surface area contributed by atoms with E-state index >= 15 is 0 Å². The minimum atomic E-state index is -3.17. The Balaban J connectivity index is 2.34. The molecular weight excluding hydrogens is 254 g/mol. The first kappa shape index (κ1) is 15.4. The van der Waals surface area contributed by atoms with E-state index in [1.807, 2.05) is 0 Å². The van der Waals surface area contributed by atoms with Crippen molar-refractivity contribution in [3.8, 4) is 0 Å². The lowest BCUT2D eigenvalue weighted by Gasteiger charge is -2.20. The zero-order valence-electron chi connectivity index (χ0n) is 11.0. The summed E-state index contributed by atoms with van der Waals surface area (Å²) in [5.74, 6) is 0.215. The van der Waals surface area contributed by atoms with Crippen molar-refractivity contribution >= 4 is 15.9 Å². The number of sulfonamides is 1. The molecule has 1 saturated carbocycles. The molecule has 1 amide bonds. The number of amides is 1. The van der Waals surface area contributed by atoms with Crippen LogP contribution in [0.4, 0.5) is 0 Å². The van der Waals surface area contributed by atoms with Gasteiger partial charge >= 0.3 is 0 Å². The Bertz CT molecular complexity index is 370. The van der Waals surface area contributed by atoms with E-state index in [1.54, 1.807) is 7.05 Å². The van der Waals surface area contributed by atoms with Gasteiger partial charge in [0.25, 0.3) is 0 Å². The molecule has 0 bridgehead atoms. The molecule has 1 rings (SSSR count). The van der Waals surface area contributed by atoms with Gasteiger partial charge in [-0.1, -0.05) is 6.42 Å². The first-order valence-corrected chi connectivity index (χ1v) is 8.20. The Kier molecular flexibility index (Phi) is 6.04. The zero-order valence-corrected chi connectivity index (χ0v) is 11.8. The molecule has 7 heteroatoms. The van der Waals surface area contributed by atoms with Crippen LogP contribution in [0.2, 0.25) is 0 Å². The molecule has 0 radical (unpaired) electrons. The van der Waals surface area contributed by atoms with Gasteiger partial charge < -0.3 is 10.6 Å². The van der Waals surface area contributed by atoms with E-state index in [0.29, 0.717) is 19.5 Å². The summed E-state index contributed by atoms with van der Waals surface area (Å²) in [6, 6.07) is -0.0374. The van der Waals surface area contributed by atoms with Crippen molar-refractivity contribution in [2.75, 3.05) is 26.4 Å². The molecule has 18 heavy (non-hydrogen) atoms. The average Bonchev–Trinajstić information content (AvgIpc) is 2.68. The Morgan fingerprint density at radius 3 is 2.67 bits per heavy atom. The smallest absolute Gasteiger partial charge is 0.221 e. The van der Waals surface area contributed by atoms with Gasteiger partial charge in [-0.3, -0.25) is 4.79 Å². The normalized spacial score (nSPS) is 24.1. The van der Waals surface area contributed by atoms with Crippen molar-refractivity contribution in [3.63, 3.8) is 0 Å². The third kappa shape index (κ3) is 5.79. The second-order valence-corrected chi connectivity index (χ2v) is 6.63. The summed E-state index contributed by atoms with van der Waals surface area (Å²) in [6.45, 7) is 1.21. The largest absolute Gasteiger partial charge is 0.356 e. The van der Waals surface area contributed by atoms with Gasteiger partial charge in [0, 0.05) is 25.6 Å². The van der Waals surface area contributed by atoms with Crippen LogP contribution in [-0.4, -0.2) is 46.8 Å². The standard InChI is InChI=1S/C11H23N3O3S/c1-12-7-6-11(15)13-8-9-4-3-5-10(9)14-18(2,16)17/h9-10,12,14H,3-8H2,1-2H3,(H,13,15). The van der Waals surface area contributed by atoms with Gasteiger partial charge in [0.2, 0.25) is 15.9 Å². The third-order valence-electron chi connectivity index (χ3n) is 3.19. The zero-order chi connectivity index (χ0) is 13.6. The highest BCUT2D eigenvalue weighted by atomic mass is 32.2. The third-order valence-corrected chi connectivity index (χ3v) is 3.92. The van der Waals surface area contributed by atoms with Crippen LogP contribution in [0.1, 0.15) is 25.7 Å². The first-order chi connectivity index (χ1) is 8.42. The summed E-state index contributed by atoms with van der Waals surface area (Å²) >= 11 is 0. The molecule has 106 valence electrons. The number of carbonyl (C=O) groups excluding carboxylic acids is 1. The fraction of sp³-hybridized carbons (Fsp3) is 0.909. The molecule has 0 aromatic heterocycles. The Morgan fingerprint density at radius 2 is 2.06 bits per heavy atom. The maximum absolute atomic E-state index is 11.5. The van der Waals surface area contributed by atoms with Crippen LogP contribution in [0.5, 0.6) is 0 Å². The van der Waals surface area contributed by atoms with Gasteiger partial charge in [-0.05, 0) is 25.8 Å². The minimum absolute atomic E-state index is 0.00866. The average molecular weight is 277 g/mol. The lowest BCUT2D eigenvalue weighted by Crippen LogP contribution is -2.41. The molecule has 1 aliphatic carbocycles. The van der Waals surface area contributed by atoms with Crippen LogP contribution in [-0.2, 0) is 14.8 Å². The maximum atomic E-state index is 11.5. The Morgan fingerprint density at radius 1 is 1.33 bits per heavy atom. The monoisotopic (exact) mass is 277 g/mol. The van der Waals surface area contributed by atoms with E-state index < -0.39 is 10.0 Å². The quantitative estimate of drug-likeness (QED) is 0.581. The molecule has 1 aliphatic rings. The molecule has 0 aliphatic heterocycles. The summed E-state index contributed by atoms with van der Waals surface area (Å²) in [7, 11) is -1.36. The van der Waals surface area contributed by atoms with Gasteiger partial charge in [-0.2, -0.15) is 0 Å². The molecule has 0 heterocycles. The molecule has 0 saturated heterocycles. The number of carbonyl (C=O) groups is 1. The van der Waals surface area contributed by atoms with Crippen molar-refractivity contribution in [3.05, 3.63) is 0 Å². The summed E-state index contributed by atoms with van der Waals surface area (Å²) in [5, 5.41) is 5.78. The highest BCUT2D eigenvalue weighted by Crippen LogP contribution is 2.25. The lowest BCUT2D eigenvalue weighted by atomic mass is 10.0. The Labute approximate surface area is 109 Å². The summed E-state index contributed by atoms with van der Waals surface area (Å²) in [6.07, 6.45) is 4.44. The maximum Gasteiger partial charge on any atom is 0.221 e. The predicted octanol–water partition coefficient (Wildman–Crippen LogP) is -0.570. The highest BCUT2D eigenvalue weighted by molar-refractivity contribution is 7.88. The molecule has 0 spiro atoms. The van der Waals surface area contributed by atoms with Crippen molar-refractivity contribution < 1.29 is 13.2 Å². The van der Waals surface area contributed by atoms with Gasteiger partial charge in [0.05, 0.1) is 6.26 Å². The topological polar surface area (TPSA) is 87.3 Å². The molecule has 2 unspecified atom stereocenters. The van der Waals surface area contributed by atoms with Crippen molar-refractivity contribution in [1.29, 1.82) is 0 Å². The van der Waals surface area contributed by atoms with E-state index in [0.717, 1.165) is 19.3 Å². The molecule has 3 N–H and O–H groups in total. The van der Waals surface area contributed by atoms with Crippen LogP contribution in [0.3, 0.4) is 0 Å². The molecule has 0 aromatic carbocycles. The fourth-order valence-corrected chi connectivity index (χ4v) is 3.14. The van der Waals surface area contributed by atoms with E-state index in [2.05, 4.69) is 15.4 Å². The predicted molar refractivity (Wildman–Crippen MR) is 70.7 cm³/mol.